The van der Waals surface area contributed by atoms with Gasteiger partial charge < -0.3 is 19.3 Å². The number of hydrogen-bond donors (Lipinski definition) is 0. The van der Waals surface area contributed by atoms with Crippen molar-refractivity contribution >= 4 is 11.5 Å². The van der Waals surface area contributed by atoms with Gasteiger partial charge in [-0.05, 0) is 62.9 Å². The third kappa shape index (κ3) is 2.83. The van der Waals surface area contributed by atoms with Gasteiger partial charge in [0.25, 0.3) is 5.56 Å². The van der Waals surface area contributed by atoms with Crippen molar-refractivity contribution < 1.29 is 4.79 Å². The fraction of sp³-hybridized carbons (Fsp3) is 0.667. The normalized spacial score (nSPS) is 34.1. The largest absolute Gasteiger partial charge is 0.315 e. The smallest absolute Gasteiger partial charge is 0.258 e. The first-order valence-corrected chi connectivity index (χ1v) is 11.6. The number of rotatable bonds is 1. The number of hydrogen-bond acceptors (Lipinski definition) is 4. The van der Waals surface area contributed by atoms with Crippen molar-refractivity contribution in [2.45, 2.75) is 38.1 Å². The van der Waals surface area contributed by atoms with E-state index in [9.17, 15) is 9.59 Å². The highest BCUT2D eigenvalue weighted by Gasteiger charge is 2.42. The predicted octanol–water partition coefficient (Wildman–Crippen LogP) is 1.81. The minimum atomic E-state index is 0.176. The van der Waals surface area contributed by atoms with Crippen molar-refractivity contribution in [3.63, 3.8) is 0 Å². The second-order valence-electron chi connectivity index (χ2n) is 10.5. The van der Waals surface area contributed by atoms with Crippen LogP contribution in [0.4, 0.5) is 0 Å². The Hall–Kier alpha value is -1.92. The minimum absolute atomic E-state index is 0.176. The molecule has 3 saturated heterocycles. The zero-order chi connectivity index (χ0) is 20.6. The van der Waals surface area contributed by atoms with Crippen molar-refractivity contribution in [3.8, 4) is 0 Å². The standard InChI is InChI=1S/C24H32N4O2/c1-25-9-15-7-17(13-25)21-5-3-20(24(30)27(21)11-15)19-4-6-22(29)28-12-16-8-18(23(19)28)14-26(2)10-16/h3,5,15-18H,4,6-14H2,1-2H3/t15-,16+,17-,18+/m0/s1. The van der Waals surface area contributed by atoms with E-state index in [1.807, 2.05) is 0 Å². The lowest BCUT2D eigenvalue weighted by atomic mass is 9.77. The van der Waals surface area contributed by atoms with Gasteiger partial charge in [-0.1, -0.05) is 0 Å². The summed E-state index contributed by atoms with van der Waals surface area (Å²) >= 11 is 0. The van der Waals surface area contributed by atoms with E-state index < -0.39 is 0 Å². The molecule has 6 rings (SSSR count). The number of allylic oxidation sites excluding steroid dienone is 1. The number of amides is 1. The molecule has 0 unspecified atom stereocenters. The zero-order valence-corrected chi connectivity index (χ0v) is 18.1. The van der Waals surface area contributed by atoms with Crippen molar-refractivity contribution in [3.05, 3.63) is 39.4 Å². The van der Waals surface area contributed by atoms with Gasteiger partial charge in [-0.3, -0.25) is 9.59 Å². The number of likely N-dealkylation sites (N-methyl/N-ethyl adjacent to an activating group) is 1. The van der Waals surface area contributed by atoms with Crippen LogP contribution in [0.3, 0.4) is 0 Å². The van der Waals surface area contributed by atoms with Crippen LogP contribution in [0, 0.1) is 17.8 Å². The maximum absolute atomic E-state index is 13.7. The highest BCUT2D eigenvalue weighted by molar-refractivity contribution is 5.87. The first kappa shape index (κ1) is 18.8. The minimum Gasteiger partial charge on any atom is -0.315 e. The molecule has 5 aliphatic rings. The van der Waals surface area contributed by atoms with E-state index in [1.54, 1.807) is 0 Å². The summed E-state index contributed by atoms with van der Waals surface area (Å²) in [6.07, 6.45) is 3.59. The van der Waals surface area contributed by atoms with Crippen LogP contribution in [0.1, 0.15) is 42.9 Å². The molecule has 6 heteroatoms. The Morgan fingerprint density at radius 1 is 0.800 bits per heavy atom. The molecule has 4 atom stereocenters. The highest BCUT2D eigenvalue weighted by Crippen LogP contribution is 2.43. The predicted molar refractivity (Wildman–Crippen MR) is 116 cm³/mol. The van der Waals surface area contributed by atoms with Crippen LogP contribution in [-0.2, 0) is 11.3 Å². The van der Waals surface area contributed by atoms with Gasteiger partial charge in [-0.15, -0.1) is 0 Å². The fourth-order valence-electron chi connectivity index (χ4n) is 7.18. The molecule has 4 bridgehead atoms. The van der Waals surface area contributed by atoms with Crippen LogP contribution < -0.4 is 5.56 Å². The molecule has 0 spiro atoms. The average molecular weight is 409 g/mol. The Balaban J connectivity index is 1.46. The molecule has 30 heavy (non-hydrogen) atoms. The maximum Gasteiger partial charge on any atom is 0.258 e. The van der Waals surface area contributed by atoms with E-state index in [4.69, 9.17) is 0 Å². The van der Waals surface area contributed by atoms with Crippen molar-refractivity contribution in [2.75, 3.05) is 46.8 Å². The first-order chi connectivity index (χ1) is 14.5. The Kier molecular flexibility index (Phi) is 4.26. The molecule has 0 N–H and O–H groups in total. The Morgan fingerprint density at radius 3 is 2.30 bits per heavy atom. The van der Waals surface area contributed by atoms with E-state index in [2.05, 4.69) is 45.5 Å². The second kappa shape index (κ2) is 6.79. The summed E-state index contributed by atoms with van der Waals surface area (Å²) in [5, 5.41) is 0. The fourth-order valence-corrected chi connectivity index (χ4v) is 7.18. The monoisotopic (exact) mass is 408 g/mol. The molecule has 5 aliphatic heterocycles. The summed E-state index contributed by atoms with van der Waals surface area (Å²) in [6, 6.07) is 4.29. The highest BCUT2D eigenvalue weighted by atomic mass is 16.2. The summed E-state index contributed by atoms with van der Waals surface area (Å²) in [5.74, 6) is 2.22. The van der Waals surface area contributed by atoms with Crippen molar-refractivity contribution in [1.29, 1.82) is 0 Å². The Morgan fingerprint density at radius 2 is 1.50 bits per heavy atom. The number of fused-ring (bicyclic) bond motifs is 8. The Bertz CT molecular complexity index is 993. The molecule has 0 saturated carbocycles. The summed E-state index contributed by atoms with van der Waals surface area (Å²) in [5.41, 5.74) is 4.56. The Labute approximate surface area is 178 Å². The van der Waals surface area contributed by atoms with Crippen LogP contribution >= 0.6 is 0 Å². The molecular formula is C24H32N4O2. The summed E-state index contributed by atoms with van der Waals surface area (Å²) in [6.45, 7) is 5.84. The zero-order valence-electron chi connectivity index (χ0n) is 18.1. The number of nitrogens with zero attached hydrogens (tertiary/aromatic N) is 4. The van der Waals surface area contributed by atoms with Gasteiger partial charge in [0, 0.05) is 74.5 Å². The van der Waals surface area contributed by atoms with Crippen molar-refractivity contribution in [1.82, 2.24) is 19.3 Å². The molecule has 6 nitrogen and oxygen atoms in total. The number of aromatic nitrogens is 1. The molecule has 0 aliphatic carbocycles. The summed E-state index contributed by atoms with van der Waals surface area (Å²) < 4.78 is 2.08. The lowest BCUT2D eigenvalue weighted by Gasteiger charge is -2.49. The molecule has 1 aromatic rings. The molecule has 1 amide bonds. The van der Waals surface area contributed by atoms with Gasteiger partial charge >= 0.3 is 0 Å². The maximum atomic E-state index is 13.7. The SMILES string of the molecule is CN1C[C@H]2C[C@H](C1)C1=C(c3ccc4n(c3=O)C[C@H]3C[C@H]4CN(C)C3)CCC(=O)N1C2. The summed E-state index contributed by atoms with van der Waals surface area (Å²) in [7, 11) is 4.38. The van der Waals surface area contributed by atoms with Crippen LogP contribution in [0.5, 0.6) is 0 Å². The number of pyridine rings is 1. The number of carbonyl (C=O) groups excluding carboxylic acids is 1. The number of piperidine rings is 3. The van der Waals surface area contributed by atoms with E-state index in [-0.39, 0.29) is 11.5 Å². The van der Waals surface area contributed by atoms with Gasteiger partial charge in [0.1, 0.15) is 0 Å². The quantitative estimate of drug-likeness (QED) is 0.711. The number of likely N-dealkylation sites (tertiary alicyclic amines) is 2. The second-order valence-corrected chi connectivity index (χ2v) is 10.5. The van der Waals surface area contributed by atoms with E-state index >= 15 is 0 Å². The van der Waals surface area contributed by atoms with Gasteiger partial charge in [0.05, 0.1) is 0 Å². The molecule has 1 aromatic heterocycles. The molecule has 0 radical (unpaired) electrons. The van der Waals surface area contributed by atoms with Crippen LogP contribution in [0.25, 0.3) is 5.57 Å². The van der Waals surface area contributed by atoms with Crippen LogP contribution in [-0.4, -0.2) is 72.0 Å². The van der Waals surface area contributed by atoms with Crippen molar-refractivity contribution in [2.24, 2.45) is 17.8 Å². The third-order valence-corrected chi connectivity index (χ3v) is 8.15. The third-order valence-electron chi connectivity index (χ3n) is 8.15. The first-order valence-electron chi connectivity index (χ1n) is 11.6. The molecule has 0 aromatic carbocycles. The summed E-state index contributed by atoms with van der Waals surface area (Å²) in [4.78, 5) is 33.4. The van der Waals surface area contributed by atoms with Crippen LogP contribution in [0.2, 0.25) is 0 Å². The van der Waals surface area contributed by atoms with Gasteiger partial charge in [-0.2, -0.15) is 0 Å². The van der Waals surface area contributed by atoms with Crippen LogP contribution in [0.15, 0.2) is 22.6 Å². The number of carbonyl (C=O) groups is 1. The molecule has 3 fully saturated rings. The lowest BCUT2D eigenvalue weighted by Crippen LogP contribution is -2.53. The van der Waals surface area contributed by atoms with E-state index in [1.165, 1.54) is 17.8 Å². The topological polar surface area (TPSA) is 48.8 Å². The van der Waals surface area contributed by atoms with Gasteiger partial charge in [-0.25, -0.2) is 0 Å². The molecule has 160 valence electrons. The van der Waals surface area contributed by atoms with Gasteiger partial charge in [0.15, 0.2) is 0 Å². The van der Waals surface area contributed by atoms with E-state index in [0.29, 0.717) is 36.5 Å². The lowest BCUT2D eigenvalue weighted by molar-refractivity contribution is -0.132. The van der Waals surface area contributed by atoms with E-state index in [0.717, 1.165) is 56.8 Å². The molecular weight excluding hydrogens is 376 g/mol. The average Bonchev–Trinajstić information content (AvgIpc) is 2.69. The van der Waals surface area contributed by atoms with Gasteiger partial charge in [0.2, 0.25) is 5.91 Å². The molecule has 6 heterocycles.